The van der Waals surface area contributed by atoms with Gasteiger partial charge in [-0.25, -0.2) is 8.42 Å². The van der Waals surface area contributed by atoms with Crippen molar-refractivity contribution in [2.75, 3.05) is 13.1 Å². The van der Waals surface area contributed by atoms with Crippen molar-refractivity contribution in [3.05, 3.63) is 58.4 Å². The minimum Gasteiger partial charge on any atom is -0.352 e. The number of carbonyl (C=O) groups excluding carboxylic acids is 1. The third-order valence-corrected chi connectivity index (χ3v) is 8.40. The summed E-state index contributed by atoms with van der Waals surface area (Å²) in [5.74, 6) is -0.219. The lowest BCUT2D eigenvalue weighted by Crippen LogP contribution is -2.44. The number of thiophene rings is 1. The zero-order valence-electron chi connectivity index (χ0n) is 15.4. The summed E-state index contributed by atoms with van der Waals surface area (Å²) in [7, 11) is -3.46. The van der Waals surface area contributed by atoms with E-state index in [0.29, 0.717) is 28.7 Å². The number of nitrogens with zero attached hydrogens (tertiary/aromatic N) is 1. The van der Waals surface area contributed by atoms with Crippen LogP contribution in [-0.2, 0) is 14.8 Å². The number of amides is 1. The van der Waals surface area contributed by atoms with Gasteiger partial charge in [-0.2, -0.15) is 4.31 Å². The van der Waals surface area contributed by atoms with Crippen LogP contribution in [0.15, 0.2) is 52.1 Å². The monoisotopic (exact) mass is 438 g/mol. The van der Waals surface area contributed by atoms with E-state index in [4.69, 9.17) is 11.6 Å². The number of rotatable bonds is 7. The molecular formula is C20H23ClN2O3S2. The molecule has 0 aliphatic carbocycles. The van der Waals surface area contributed by atoms with Crippen LogP contribution < -0.4 is 5.32 Å². The molecule has 0 spiro atoms. The topological polar surface area (TPSA) is 66.5 Å². The maximum absolute atomic E-state index is 12.9. The van der Waals surface area contributed by atoms with E-state index in [1.54, 1.807) is 34.0 Å². The van der Waals surface area contributed by atoms with Crippen LogP contribution in [0, 0.1) is 0 Å². The molecule has 1 unspecified atom stereocenters. The lowest BCUT2D eigenvalue weighted by Gasteiger charge is -2.34. The maximum Gasteiger partial charge on any atom is 0.252 e. The first-order valence-corrected chi connectivity index (χ1v) is 11.9. The molecule has 0 saturated carbocycles. The number of sulfonamides is 1. The second-order valence-electron chi connectivity index (χ2n) is 6.63. The van der Waals surface area contributed by atoms with Gasteiger partial charge in [0.05, 0.1) is 0 Å². The van der Waals surface area contributed by atoms with Crippen LogP contribution >= 0.6 is 22.9 Å². The fourth-order valence-corrected chi connectivity index (χ4v) is 6.34. The van der Waals surface area contributed by atoms with Crippen LogP contribution in [0.25, 0.3) is 6.08 Å². The van der Waals surface area contributed by atoms with Crippen molar-refractivity contribution in [2.45, 2.75) is 35.9 Å². The molecule has 150 valence electrons. The van der Waals surface area contributed by atoms with Crippen LogP contribution in [0.3, 0.4) is 0 Å². The average Bonchev–Trinajstić information content (AvgIpc) is 3.23. The van der Waals surface area contributed by atoms with Gasteiger partial charge in [-0.15, -0.1) is 11.3 Å². The summed E-state index contributed by atoms with van der Waals surface area (Å²) >= 11 is 7.31. The zero-order chi connectivity index (χ0) is 20.0. The summed E-state index contributed by atoms with van der Waals surface area (Å²) in [6, 6.07) is 10.6. The highest BCUT2D eigenvalue weighted by molar-refractivity contribution is 7.91. The summed E-state index contributed by atoms with van der Waals surface area (Å²) in [6.45, 7) is 0.956. The molecule has 3 rings (SSSR count). The van der Waals surface area contributed by atoms with Gasteiger partial charge in [-0.05, 0) is 48.4 Å². The Bertz CT molecular complexity index is 927. The average molecular weight is 439 g/mol. The van der Waals surface area contributed by atoms with Gasteiger partial charge in [0.1, 0.15) is 4.21 Å². The summed E-state index contributed by atoms with van der Waals surface area (Å²) in [5, 5.41) is 5.20. The Kier molecular flexibility index (Phi) is 7.29. The quantitative estimate of drug-likeness (QED) is 0.660. The van der Waals surface area contributed by atoms with Gasteiger partial charge in [-0.3, -0.25) is 4.79 Å². The molecule has 0 radical (unpaired) electrons. The third kappa shape index (κ3) is 5.23. The molecule has 28 heavy (non-hydrogen) atoms. The number of benzene rings is 1. The minimum absolute atomic E-state index is 0.0892. The number of hydrogen-bond acceptors (Lipinski definition) is 4. The molecule has 0 bridgehead atoms. The second kappa shape index (κ2) is 9.69. The van der Waals surface area contributed by atoms with Crippen molar-refractivity contribution < 1.29 is 13.2 Å². The molecule has 1 saturated heterocycles. The summed E-state index contributed by atoms with van der Waals surface area (Å²) in [4.78, 5) is 12.1. The van der Waals surface area contributed by atoms with E-state index in [2.05, 4.69) is 5.32 Å². The standard InChI is InChI=1S/C20H23ClN2O3S2/c21-18-8-2-1-6-16(18)10-11-19(24)22-13-12-17-7-3-4-14-23(17)28(25,26)20-9-5-15-27-20/h1-2,5-6,8-11,15,17H,3-4,7,12-14H2,(H,22,24)/b11-10+. The fourth-order valence-electron chi connectivity index (χ4n) is 3.30. The Morgan fingerprint density at radius 3 is 2.82 bits per heavy atom. The first-order valence-electron chi connectivity index (χ1n) is 9.24. The molecule has 1 atom stereocenters. The van der Waals surface area contributed by atoms with Crippen LogP contribution in [0.1, 0.15) is 31.2 Å². The number of carbonyl (C=O) groups is 1. The predicted molar refractivity (Wildman–Crippen MR) is 114 cm³/mol. The van der Waals surface area contributed by atoms with Crippen LogP contribution in [-0.4, -0.2) is 37.8 Å². The SMILES string of the molecule is O=C(/C=C/c1ccccc1Cl)NCCC1CCCCN1S(=O)(=O)c1cccs1. The van der Waals surface area contributed by atoms with Gasteiger partial charge in [0, 0.05) is 30.2 Å². The van der Waals surface area contributed by atoms with E-state index in [1.165, 1.54) is 17.4 Å². The van der Waals surface area contributed by atoms with Crippen molar-refractivity contribution in [1.82, 2.24) is 9.62 Å². The maximum atomic E-state index is 12.9. The highest BCUT2D eigenvalue weighted by Crippen LogP contribution is 2.29. The largest absolute Gasteiger partial charge is 0.352 e. The van der Waals surface area contributed by atoms with E-state index in [-0.39, 0.29) is 11.9 Å². The molecule has 2 aromatic rings. The summed E-state index contributed by atoms with van der Waals surface area (Å²) in [6.07, 6.45) is 6.40. The van der Waals surface area contributed by atoms with Crippen LogP contribution in [0.5, 0.6) is 0 Å². The predicted octanol–water partition coefficient (Wildman–Crippen LogP) is 4.16. The molecule has 1 amide bonds. The number of hydrogen-bond donors (Lipinski definition) is 1. The Hall–Kier alpha value is -1.67. The van der Waals surface area contributed by atoms with E-state index >= 15 is 0 Å². The van der Waals surface area contributed by atoms with Gasteiger partial charge in [-0.1, -0.05) is 42.3 Å². The first kappa shape index (κ1) is 21.0. The van der Waals surface area contributed by atoms with E-state index in [1.807, 2.05) is 18.2 Å². The lowest BCUT2D eigenvalue weighted by molar-refractivity contribution is -0.116. The smallest absolute Gasteiger partial charge is 0.252 e. The Balaban J connectivity index is 1.55. The first-order chi connectivity index (χ1) is 13.5. The minimum atomic E-state index is -3.46. The van der Waals surface area contributed by atoms with Gasteiger partial charge in [0.25, 0.3) is 10.0 Å². The van der Waals surface area contributed by atoms with Gasteiger partial charge in [0.15, 0.2) is 0 Å². The molecule has 8 heteroatoms. The van der Waals surface area contributed by atoms with Gasteiger partial charge < -0.3 is 5.32 Å². The van der Waals surface area contributed by atoms with E-state index in [0.717, 1.165) is 24.8 Å². The zero-order valence-corrected chi connectivity index (χ0v) is 17.8. The van der Waals surface area contributed by atoms with E-state index in [9.17, 15) is 13.2 Å². The molecule has 1 aliphatic heterocycles. The Morgan fingerprint density at radius 1 is 1.25 bits per heavy atom. The van der Waals surface area contributed by atoms with Crippen molar-refractivity contribution >= 4 is 44.9 Å². The second-order valence-corrected chi connectivity index (χ2v) is 10.1. The number of halogens is 1. The van der Waals surface area contributed by atoms with Gasteiger partial charge in [0.2, 0.25) is 5.91 Å². The molecule has 1 fully saturated rings. The number of piperidine rings is 1. The van der Waals surface area contributed by atoms with E-state index < -0.39 is 10.0 Å². The fraction of sp³-hybridized carbons (Fsp3) is 0.350. The number of nitrogens with one attached hydrogen (secondary N) is 1. The molecule has 1 aromatic heterocycles. The third-order valence-electron chi connectivity index (χ3n) is 4.73. The van der Waals surface area contributed by atoms with Crippen molar-refractivity contribution in [3.8, 4) is 0 Å². The Morgan fingerprint density at radius 2 is 2.07 bits per heavy atom. The molecule has 1 N–H and O–H groups in total. The van der Waals surface area contributed by atoms with Crippen molar-refractivity contribution in [1.29, 1.82) is 0 Å². The van der Waals surface area contributed by atoms with Crippen LogP contribution in [0.2, 0.25) is 5.02 Å². The molecule has 1 aromatic carbocycles. The molecular weight excluding hydrogens is 416 g/mol. The highest BCUT2D eigenvalue weighted by atomic mass is 35.5. The van der Waals surface area contributed by atoms with Crippen LogP contribution in [0.4, 0.5) is 0 Å². The van der Waals surface area contributed by atoms with Gasteiger partial charge >= 0.3 is 0 Å². The Labute approximate surface area is 175 Å². The molecule has 1 aliphatic rings. The highest BCUT2D eigenvalue weighted by Gasteiger charge is 2.33. The van der Waals surface area contributed by atoms with Crippen molar-refractivity contribution in [2.24, 2.45) is 0 Å². The lowest BCUT2D eigenvalue weighted by atomic mass is 10.0. The summed E-state index contributed by atoms with van der Waals surface area (Å²) < 4.78 is 27.7. The molecule has 5 nitrogen and oxygen atoms in total. The summed E-state index contributed by atoms with van der Waals surface area (Å²) in [5.41, 5.74) is 0.778. The normalized spacial score (nSPS) is 18.4. The van der Waals surface area contributed by atoms with Crippen molar-refractivity contribution in [3.63, 3.8) is 0 Å². The molecule has 2 heterocycles.